The topological polar surface area (TPSA) is 54.0 Å². The van der Waals surface area contributed by atoms with Crippen LogP contribution in [0.2, 0.25) is 0 Å². The molecule has 5 heteroatoms. The summed E-state index contributed by atoms with van der Waals surface area (Å²) in [5.41, 5.74) is 1.37. The van der Waals surface area contributed by atoms with Crippen LogP contribution in [0.15, 0.2) is 48.5 Å². The van der Waals surface area contributed by atoms with Crippen molar-refractivity contribution >= 4 is 5.97 Å². The summed E-state index contributed by atoms with van der Waals surface area (Å²) >= 11 is 0. The second-order valence-corrected chi connectivity index (χ2v) is 6.59. The highest BCUT2D eigenvalue weighted by molar-refractivity contribution is 5.91. The van der Waals surface area contributed by atoms with Gasteiger partial charge in [-0.05, 0) is 56.7 Å². The van der Waals surface area contributed by atoms with Crippen LogP contribution in [0.1, 0.15) is 49.4 Å². The molecule has 1 aliphatic heterocycles. The maximum Gasteiger partial charge on any atom is 0.343 e. The molecule has 5 nitrogen and oxygen atoms in total. The molecule has 1 saturated heterocycles. The zero-order valence-electron chi connectivity index (χ0n) is 16.0. The number of hydrogen-bond acceptors (Lipinski definition) is 5. The summed E-state index contributed by atoms with van der Waals surface area (Å²) in [5.74, 6) is 1.24. The summed E-state index contributed by atoms with van der Waals surface area (Å²) in [6, 6.07) is 14.1. The van der Waals surface area contributed by atoms with E-state index in [1.54, 1.807) is 36.4 Å². The van der Waals surface area contributed by atoms with E-state index in [1.165, 1.54) is 0 Å². The van der Waals surface area contributed by atoms with Gasteiger partial charge in [0.2, 0.25) is 0 Å². The van der Waals surface area contributed by atoms with Gasteiger partial charge in [-0.1, -0.05) is 19.1 Å². The van der Waals surface area contributed by atoms with Gasteiger partial charge in [0.05, 0.1) is 24.9 Å². The predicted molar refractivity (Wildman–Crippen MR) is 102 cm³/mol. The molecule has 2 aromatic carbocycles. The molecule has 27 heavy (non-hydrogen) atoms. The van der Waals surface area contributed by atoms with E-state index in [2.05, 4.69) is 13.8 Å². The highest BCUT2D eigenvalue weighted by Crippen LogP contribution is 2.30. The van der Waals surface area contributed by atoms with Crippen LogP contribution in [-0.4, -0.2) is 25.3 Å². The Hall–Kier alpha value is -2.37. The van der Waals surface area contributed by atoms with Gasteiger partial charge in [0.15, 0.2) is 6.29 Å². The van der Waals surface area contributed by atoms with Gasteiger partial charge < -0.3 is 18.9 Å². The van der Waals surface area contributed by atoms with Crippen molar-refractivity contribution in [3.63, 3.8) is 0 Å². The Kier molecular flexibility index (Phi) is 6.48. The molecule has 0 amide bonds. The molecule has 0 aromatic heterocycles. The van der Waals surface area contributed by atoms with Gasteiger partial charge in [-0.25, -0.2) is 4.79 Å². The summed E-state index contributed by atoms with van der Waals surface area (Å²) in [4.78, 5) is 12.3. The summed E-state index contributed by atoms with van der Waals surface area (Å²) in [6.45, 7) is 7.41. The molecular formula is C22H26O5. The number of ether oxygens (including phenoxy) is 4. The lowest BCUT2D eigenvalue weighted by Crippen LogP contribution is -2.33. The van der Waals surface area contributed by atoms with E-state index in [0.29, 0.717) is 30.4 Å². The Morgan fingerprint density at radius 3 is 2.30 bits per heavy atom. The molecule has 1 aliphatic rings. The van der Waals surface area contributed by atoms with E-state index < -0.39 is 5.97 Å². The van der Waals surface area contributed by atoms with Crippen molar-refractivity contribution in [3.8, 4) is 11.5 Å². The number of carbonyl (C=O) groups is 1. The number of rotatable bonds is 6. The van der Waals surface area contributed by atoms with E-state index >= 15 is 0 Å². The van der Waals surface area contributed by atoms with Gasteiger partial charge in [0.1, 0.15) is 11.5 Å². The van der Waals surface area contributed by atoms with E-state index in [9.17, 15) is 4.79 Å². The highest BCUT2D eigenvalue weighted by atomic mass is 16.7. The van der Waals surface area contributed by atoms with E-state index in [-0.39, 0.29) is 12.4 Å². The fourth-order valence-corrected chi connectivity index (χ4v) is 3.03. The van der Waals surface area contributed by atoms with Crippen LogP contribution in [0.4, 0.5) is 0 Å². The lowest BCUT2D eigenvalue weighted by molar-refractivity contribution is -0.236. The Morgan fingerprint density at radius 2 is 1.70 bits per heavy atom. The molecule has 3 atom stereocenters. The van der Waals surface area contributed by atoms with E-state index in [1.807, 2.05) is 19.1 Å². The Bertz CT molecular complexity index is 738. The number of carbonyl (C=O) groups excluding carboxylic acids is 1. The van der Waals surface area contributed by atoms with Crippen LogP contribution >= 0.6 is 0 Å². The largest absolute Gasteiger partial charge is 0.494 e. The second kappa shape index (κ2) is 9.02. The smallest absolute Gasteiger partial charge is 0.343 e. The number of benzene rings is 2. The molecule has 2 aromatic rings. The molecule has 0 spiro atoms. The minimum absolute atomic E-state index is 0.151. The van der Waals surface area contributed by atoms with Gasteiger partial charge in [-0.3, -0.25) is 0 Å². The van der Waals surface area contributed by atoms with Gasteiger partial charge in [-0.2, -0.15) is 0 Å². The van der Waals surface area contributed by atoms with Crippen LogP contribution < -0.4 is 9.47 Å². The van der Waals surface area contributed by atoms with Crippen molar-refractivity contribution < 1.29 is 23.7 Å². The Morgan fingerprint density at radius 1 is 1.04 bits per heavy atom. The predicted octanol–water partition coefficient (Wildman–Crippen LogP) is 4.76. The molecule has 144 valence electrons. The quantitative estimate of drug-likeness (QED) is 0.542. The molecule has 0 N–H and O–H groups in total. The first kappa shape index (κ1) is 19.4. The van der Waals surface area contributed by atoms with Gasteiger partial charge in [0, 0.05) is 11.5 Å². The van der Waals surface area contributed by atoms with Gasteiger partial charge in [-0.15, -0.1) is 0 Å². The zero-order valence-corrected chi connectivity index (χ0v) is 16.0. The molecular weight excluding hydrogens is 344 g/mol. The van der Waals surface area contributed by atoms with E-state index in [4.69, 9.17) is 18.9 Å². The van der Waals surface area contributed by atoms with Crippen molar-refractivity contribution in [2.45, 2.75) is 39.6 Å². The van der Waals surface area contributed by atoms with Crippen molar-refractivity contribution in [1.82, 2.24) is 0 Å². The third-order valence-electron chi connectivity index (χ3n) is 4.75. The van der Waals surface area contributed by atoms with Crippen LogP contribution in [0.3, 0.4) is 0 Å². The monoisotopic (exact) mass is 370 g/mol. The molecule has 0 radical (unpaired) electrons. The third-order valence-corrected chi connectivity index (χ3v) is 4.75. The number of esters is 1. The molecule has 0 bridgehead atoms. The summed E-state index contributed by atoms with van der Waals surface area (Å²) in [6.07, 6.45) is 0.793. The first-order valence-electron chi connectivity index (χ1n) is 9.42. The molecule has 1 fully saturated rings. The van der Waals surface area contributed by atoms with Crippen molar-refractivity contribution in [3.05, 3.63) is 59.7 Å². The molecule has 3 unspecified atom stereocenters. The minimum Gasteiger partial charge on any atom is -0.494 e. The van der Waals surface area contributed by atoms with Crippen LogP contribution in [0.25, 0.3) is 0 Å². The Balaban J connectivity index is 1.60. The zero-order chi connectivity index (χ0) is 19.2. The standard InChI is InChI=1S/C22H26O5/c1-4-16-14-25-22(26-15(16)3)18-8-6-17(7-9-18)21(23)27-20-12-10-19(11-13-20)24-5-2/h6-13,15-16,22H,4-5,14H2,1-3H3. The summed E-state index contributed by atoms with van der Waals surface area (Å²) in [5, 5.41) is 0. The van der Waals surface area contributed by atoms with Gasteiger partial charge >= 0.3 is 5.97 Å². The number of hydrogen-bond donors (Lipinski definition) is 0. The van der Waals surface area contributed by atoms with Crippen LogP contribution in [0.5, 0.6) is 11.5 Å². The first-order valence-corrected chi connectivity index (χ1v) is 9.42. The molecule has 0 saturated carbocycles. The van der Waals surface area contributed by atoms with Crippen molar-refractivity contribution in [2.75, 3.05) is 13.2 Å². The summed E-state index contributed by atoms with van der Waals surface area (Å²) in [7, 11) is 0. The summed E-state index contributed by atoms with van der Waals surface area (Å²) < 4.78 is 22.6. The SMILES string of the molecule is CCOc1ccc(OC(=O)c2ccc(C3OCC(CC)C(C)O3)cc2)cc1. The lowest BCUT2D eigenvalue weighted by atomic mass is 10.0. The van der Waals surface area contributed by atoms with Crippen molar-refractivity contribution in [1.29, 1.82) is 0 Å². The third kappa shape index (κ3) is 4.87. The molecule has 0 aliphatic carbocycles. The Labute approximate surface area is 160 Å². The molecule has 3 rings (SSSR count). The maximum absolute atomic E-state index is 12.3. The van der Waals surface area contributed by atoms with Crippen molar-refractivity contribution in [2.24, 2.45) is 5.92 Å². The van der Waals surface area contributed by atoms with E-state index in [0.717, 1.165) is 17.7 Å². The highest BCUT2D eigenvalue weighted by Gasteiger charge is 2.28. The minimum atomic E-state index is -0.407. The molecule has 1 heterocycles. The lowest BCUT2D eigenvalue weighted by Gasteiger charge is -2.34. The first-order chi connectivity index (χ1) is 13.1. The van der Waals surface area contributed by atoms with Crippen LogP contribution in [0, 0.1) is 5.92 Å². The maximum atomic E-state index is 12.3. The van der Waals surface area contributed by atoms with Crippen LogP contribution in [-0.2, 0) is 9.47 Å². The second-order valence-electron chi connectivity index (χ2n) is 6.59. The fourth-order valence-electron chi connectivity index (χ4n) is 3.03. The average Bonchev–Trinajstić information content (AvgIpc) is 2.70. The fraction of sp³-hybridized carbons (Fsp3) is 0.409. The normalized spacial score (nSPS) is 22.3. The average molecular weight is 370 g/mol. The van der Waals surface area contributed by atoms with Gasteiger partial charge in [0.25, 0.3) is 0 Å².